The number of hydrogen-bond acceptors (Lipinski definition) is 5. The Morgan fingerprint density at radius 2 is 1.50 bits per heavy atom. The Hall–Kier alpha value is -2.72. The molecule has 0 saturated carbocycles. The van der Waals surface area contributed by atoms with Gasteiger partial charge in [-0.1, -0.05) is 0 Å². The van der Waals surface area contributed by atoms with Gasteiger partial charge in [-0.05, 0) is 54.2 Å². The zero-order valence-corrected chi connectivity index (χ0v) is 19.0. The third kappa shape index (κ3) is 5.74. The van der Waals surface area contributed by atoms with Crippen LogP contribution in [0.25, 0.3) is 0 Å². The van der Waals surface area contributed by atoms with Gasteiger partial charge < -0.3 is 24.4 Å². The van der Waals surface area contributed by atoms with Crippen LogP contribution in [-0.4, -0.2) is 62.4 Å². The van der Waals surface area contributed by atoms with Crippen LogP contribution in [0.5, 0.6) is 17.2 Å². The Bertz CT molecular complexity index is 905. The Balaban J connectivity index is 1.55. The third-order valence-electron chi connectivity index (χ3n) is 5.25. The van der Waals surface area contributed by atoms with E-state index >= 15 is 0 Å². The number of hydrogen-bond donors (Lipinski definition) is 1. The number of alkyl halides is 3. The summed E-state index contributed by atoms with van der Waals surface area (Å²) in [5.41, 5.74) is 0.885. The topological polar surface area (TPSA) is 46.2 Å². The molecule has 0 aromatic heterocycles. The Kier molecular flexibility index (Phi) is 7.68. The quantitative estimate of drug-likeness (QED) is 0.635. The van der Waals surface area contributed by atoms with Crippen LogP contribution in [0.4, 0.5) is 18.9 Å². The van der Waals surface area contributed by atoms with Crippen LogP contribution in [-0.2, 0) is 12.7 Å². The molecule has 0 aliphatic carbocycles. The van der Waals surface area contributed by atoms with E-state index in [1.165, 1.54) is 12.1 Å². The molecule has 2 aromatic rings. The molecule has 6 nitrogen and oxygen atoms in total. The Morgan fingerprint density at radius 3 is 1.97 bits per heavy atom. The van der Waals surface area contributed by atoms with Crippen LogP contribution >= 0.6 is 12.2 Å². The number of anilines is 1. The predicted octanol–water partition coefficient (Wildman–Crippen LogP) is 4.25. The molecule has 2 aromatic carbocycles. The van der Waals surface area contributed by atoms with Crippen LogP contribution < -0.4 is 19.5 Å². The average Bonchev–Trinajstić information content (AvgIpc) is 2.78. The number of halogens is 3. The number of nitrogens with one attached hydrogen (secondary N) is 1. The summed E-state index contributed by atoms with van der Waals surface area (Å²) in [6, 6.07) is 8.72. The van der Waals surface area contributed by atoms with Crippen LogP contribution in [0.2, 0.25) is 0 Å². The molecule has 0 spiro atoms. The van der Waals surface area contributed by atoms with Crippen LogP contribution in [0, 0.1) is 0 Å². The second-order valence-electron chi connectivity index (χ2n) is 7.30. The van der Waals surface area contributed by atoms with Gasteiger partial charge in [0.2, 0.25) is 5.75 Å². The van der Waals surface area contributed by atoms with E-state index < -0.39 is 11.7 Å². The van der Waals surface area contributed by atoms with Crippen molar-refractivity contribution in [2.24, 2.45) is 0 Å². The van der Waals surface area contributed by atoms with Gasteiger partial charge in [0, 0.05) is 38.4 Å². The van der Waals surface area contributed by atoms with E-state index in [0.29, 0.717) is 47.7 Å². The maximum Gasteiger partial charge on any atom is 0.416 e. The van der Waals surface area contributed by atoms with Crippen molar-refractivity contribution in [3.8, 4) is 17.2 Å². The molecule has 0 amide bonds. The molecule has 1 heterocycles. The highest BCUT2D eigenvalue weighted by molar-refractivity contribution is 7.80. The molecule has 0 atom stereocenters. The standard InChI is InChI=1S/C22H26F3N3O3S/c1-29-18-12-15(13-19(30-2)20(18)31-3)14-27-8-10-28(11-9-27)21(32)26-17-6-4-16(5-7-17)22(23,24)25/h4-7,12-13H,8-11,14H2,1-3H3,(H,26,32). The molecule has 1 aliphatic rings. The van der Waals surface area contributed by atoms with Crippen molar-refractivity contribution >= 4 is 23.0 Å². The van der Waals surface area contributed by atoms with Gasteiger partial charge in [-0.15, -0.1) is 0 Å². The largest absolute Gasteiger partial charge is 0.493 e. The fourth-order valence-corrected chi connectivity index (χ4v) is 3.84. The summed E-state index contributed by atoms with van der Waals surface area (Å²) < 4.78 is 54.3. The van der Waals surface area contributed by atoms with Crippen molar-refractivity contribution in [1.82, 2.24) is 9.80 Å². The molecule has 1 N–H and O–H groups in total. The maximum absolute atomic E-state index is 12.7. The third-order valence-corrected chi connectivity index (χ3v) is 5.61. The van der Waals surface area contributed by atoms with E-state index in [0.717, 1.165) is 30.8 Å². The lowest BCUT2D eigenvalue weighted by atomic mass is 10.1. The molecule has 32 heavy (non-hydrogen) atoms. The lowest BCUT2D eigenvalue weighted by Gasteiger charge is -2.36. The van der Waals surface area contributed by atoms with E-state index in [-0.39, 0.29) is 0 Å². The summed E-state index contributed by atoms with van der Waals surface area (Å²) in [5.74, 6) is 1.79. The SMILES string of the molecule is COc1cc(CN2CCN(C(=S)Nc3ccc(C(F)(F)F)cc3)CC2)cc(OC)c1OC. The minimum absolute atomic E-state index is 0.497. The first-order valence-corrected chi connectivity index (χ1v) is 10.4. The molecular formula is C22H26F3N3O3S. The van der Waals surface area contributed by atoms with Gasteiger partial charge in [-0.3, -0.25) is 4.90 Å². The zero-order valence-electron chi connectivity index (χ0n) is 18.2. The molecule has 10 heteroatoms. The first kappa shape index (κ1) is 23.9. The molecule has 0 radical (unpaired) electrons. The number of nitrogens with zero attached hydrogens (tertiary/aromatic N) is 2. The van der Waals surface area contributed by atoms with Gasteiger partial charge in [0.1, 0.15) is 0 Å². The van der Waals surface area contributed by atoms with Gasteiger partial charge >= 0.3 is 6.18 Å². The van der Waals surface area contributed by atoms with Gasteiger partial charge in [-0.2, -0.15) is 13.2 Å². The highest BCUT2D eigenvalue weighted by atomic mass is 32.1. The Morgan fingerprint density at radius 1 is 0.938 bits per heavy atom. The number of benzene rings is 2. The minimum atomic E-state index is -4.35. The van der Waals surface area contributed by atoms with Crippen LogP contribution in [0.15, 0.2) is 36.4 Å². The number of ether oxygens (including phenoxy) is 3. The molecule has 3 rings (SSSR count). The van der Waals surface area contributed by atoms with Crippen LogP contribution in [0.1, 0.15) is 11.1 Å². The summed E-state index contributed by atoms with van der Waals surface area (Å²) in [4.78, 5) is 4.30. The maximum atomic E-state index is 12.7. The summed E-state index contributed by atoms with van der Waals surface area (Å²) in [5, 5.41) is 3.52. The zero-order chi connectivity index (χ0) is 23.3. The normalized spacial score (nSPS) is 14.8. The highest BCUT2D eigenvalue weighted by Crippen LogP contribution is 2.38. The average molecular weight is 470 g/mol. The summed E-state index contributed by atoms with van der Waals surface area (Å²) >= 11 is 5.45. The van der Waals surface area contributed by atoms with Crippen molar-refractivity contribution in [2.75, 3.05) is 52.8 Å². The first-order chi connectivity index (χ1) is 15.2. The molecule has 1 saturated heterocycles. The molecule has 174 valence electrons. The smallest absolute Gasteiger partial charge is 0.416 e. The Labute approximate surface area is 190 Å². The highest BCUT2D eigenvalue weighted by Gasteiger charge is 2.30. The molecular weight excluding hydrogens is 443 g/mol. The van der Waals surface area contributed by atoms with Gasteiger partial charge in [0.15, 0.2) is 16.6 Å². The molecule has 1 aliphatic heterocycles. The van der Waals surface area contributed by atoms with Crippen molar-refractivity contribution in [1.29, 1.82) is 0 Å². The number of thiocarbonyl (C=S) groups is 1. The van der Waals surface area contributed by atoms with Crippen molar-refractivity contribution in [3.63, 3.8) is 0 Å². The van der Waals surface area contributed by atoms with Crippen molar-refractivity contribution in [2.45, 2.75) is 12.7 Å². The minimum Gasteiger partial charge on any atom is -0.493 e. The van der Waals surface area contributed by atoms with E-state index in [4.69, 9.17) is 26.4 Å². The lowest BCUT2D eigenvalue weighted by Crippen LogP contribution is -2.49. The molecule has 1 fully saturated rings. The number of methoxy groups -OCH3 is 3. The fourth-order valence-electron chi connectivity index (χ4n) is 3.54. The predicted molar refractivity (Wildman–Crippen MR) is 121 cm³/mol. The molecule has 0 unspecified atom stereocenters. The monoisotopic (exact) mass is 469 g/mol. The fraction of sp³-hybridized carbons (Fsp3) is 0.409. The second kappa shape index (κ2) is 10.3. The van der Waals surface area contributed by atoms with Crippen molar-refractivity contribution in [3.05, 3.63) is 47.5 Å². The number of rotatable bonds is 6. The van der Waals surface area contributed by atoms with E-state index in [1.54, 1.807) is 21.3 Å². The molecule has 0 bridgehead atoms. The first-order valence-electron chi connectivity index (χ1n) is 9.99. The summed E-state index contributed by atoms with van der Waals surface area (Å²) in [6.45, 7) is 3.69. The van der Waals surface area contributed by atoms with Gasteiger partial charge in [0.05, 0.1) is 26.9 Å². The summed E-state index contributed by atoms with van der Waals surface area (Å²) in [6.07, 6.45) is -4.35. The van der Waals surface area contributed by atoms with E-state index in [9.17, 15) is 13.2 Å². The second-order valence-corrected chi connectivity index (χ2v) is 7.69. The lowest BCUT2D eigenvalue weighted by molar-refractivity contribution is -0.137. The van der Waals surface area contributed by atoms with Crippen LogP contribution in [0.3, 0.4) is 0 Å². The van der Waals surface area contributed by atoms with E-state index in [2.05, 4.69) is 10.2 Å². The van der Waals surface area contributed by atoms with Gasteiger partial charge in [-0.25, -0.2) is 0 Å². The summed E-state index contributed by atoms with van der Waals surface area (Å²) in [7, 11) is 4.75. The van der Waals surface area contributed by atoms with E-state index in [1.807, 2.05) is 17.0 Å². The van der Waals surface area contributed by atoms with Crippen molar-refractivity contribution < 1.29 is 27.4 Å². The van der Waals surface area contributed by atoms with Gasteiger partial charge in [0.25, 0.3) is 0 Å². The number of piperazine rings is 1.